The third-order valence-corrected chi connectivity index (χ3v) is 3.42. The van der Waals surface area contributed by atoms with Crippen molar-refractivity contribution in [3.63, 3.8) is 0 Å². The van der Waals surface area contributed by atoms with Crippen molar-refractivity contribution in [1.82, 2.24) is 5.32 Å². The molecule has 0 saturated carbocycles. The van der Waals surface area contributed by atoms with Crippen LogP contribution in [0.15, 0.2) is 42.5 Å². The Hall–Kier alpha value is -1.34. The predicted octanol–water partition coefficient (Wildman–Crippen LogP) is 3.57. The lowest BCUT2D eigenvalue weighted by atomic mass is 9.90. The van der Waals surface area contributed by atoms with Crippen molar-refractivity contribution in [2.24, 2.45) is 0 Å². The van der Waals surface area contributed by atoms with Crippen LogP contribution in [0.1, 0.15) is 30.9 Å². The zero-order valence-electron chi connectivity index (χ0n) is 10.6. The molecule has 0 saturated heterocycles. The Kier molecular flexibility index (Phi) is 4.16. The van der Waals surface area contributed by atoms with Crippen LogP contribution in [0, 0.1) is 0 Å². The van der Waals surface area contributed by atoms with Gasteiger partial charge in [-0.25, -0.2) is 0 Å². The fraction of sp³-hybridized carbons (Fsp3) is 0.375. The van der Waals surface area contributed by atoms with Crippen LogP contribution in [0.25, 0.3) is 5.57 Å². The molecule has 1 aromatic rings. The van der Waals surface area contributed by atoms with Gasteiger partial charge in [-0.1, -0.05) is 35.9 Å². The topological polar surface area (TPSA) is 12.0 Å². The maximum atomic E-state index is 3.81. The summed E-state index contributed by atoms with van der Waals surface area (Å²) >= 11 is 0. The molecule has 2 rings (SSSR count). The summed E-state index contributed by atoms with van der Waals surface area (Å²) < 4.78 is 0. The first-order valence-electron chi connectivity index (χ1n) is 6.41. The first-order valence-corrected chi connectivity index (χ1v) is 6.41. The summed E-state index contributed by atoms with van der Waals surface area (Å²) in [6.45, 7) is 8.19. The quantitative estimate of drug-likeness (QED) is 0.775. The van der Waals surface area contributed by atoms with Gasteiger partial charge in [0.2, 0.25) is 0 Å². The minimum absolute atomic E-state index is 1.03. The number of rotatable bonds is 4. The van der Waals surface area contributed by atoms with Crippen molar-refractivity contribution in [3.8, 4) is 0 Å². The third kappa shape index (κ3) is 2.86. The lowest BCUT2D eigenvalue weighted by Gasteiger charge is -2.21. The van der Waals surface area contributed by atoms with E-state index >= 15 is 0 Å². The van der Waals surface area contributed by atoms with E-state index in [4.69, 9.17) is 0 Å². The highest BCUT2D eigenvalue weighted by molar-refractivity contribution is 5.72. The molecule has 0 aliphatic carbocycles. The van der Waals surface area contributed by atoms with Gasteiger partial charge in [-0.15, -0.1) is 6.58 Å². The van der Waals surface area contributed by atoms with Crippen LogP contribution in [-0.2, 0) is 6.42 Å². The lowest BCUT2D eigenvalue weighted by Crippen LogP contribution is -2.23. The van der Waals surface area contributed by atoms with Crippen LogP contribution >= 0.6 is 0 Å². The van der Waals surface area contributed by atoms with E-state index in [0.717, 1.165) is 32.4 Å². The van der Waals surface area contributed by atoms with Crippen LogP contribution in [0.4, 0.5) is 0 Å². The Balaban J connectivity index is 2.33. The van der Waals surface area contributed by atoms with E-state index in [9.17, 15) is 0 Å². The highest BCUT2D eigenvalue weighted by Gasteiger charge is 2.13. The number of nitrogens with one attached hydrogen (secondary N) is 1. The van der Waals surface area contributed by atoms with E-state index in [2.05, 4.69) is 43.1 Å². The largest absolute Gasteiger partial charge is 0.313 e. The van der Waals surface area contributed by atoms with Crippen LogP contribution in [-0.4, -0.2) is 13.1 Å². The molecule has 0 atom stereocenters. The Morgan fingerprint density at radius 3 is 2.94 bits per heavy atom. The summed E-state index contributed by atoms with van der Waals surface area (Å²) in [6, 6.07) is 8.80. The number of benzene rings is 1. The van der Waals surface area contributed by atoms with Crippen molar-refractivity contribution in [3.05, 3.63) is 53.6 Å². The maximum Gasteiger partial charge on any atom is 0.0168 e. The number of aryl methyl sites for hydroxylation is 1. The van der Waals surface area contributed by atoms with E-state index in [1.165, 1.54) is 16.7 Å². The smallest absolute Gasteiger partial charge is 0.0168 e. The summed E-state index contributed by atoms with van der Waals surface area (Å²) in [5, 5.41) is 3.42. The molecule has 0 aromatic heterocycles. The molecule has 0 fully saturated rings. The molecule has 1 aliphatic heterocycles. The van der Waals surface area contributed by atoms with Gasteiger partial charge in [-0.05, 0) is 49.4 Å². The van der Waals surface area contributed by atoms with E-state index in [-0.39, 0.29) is 0 Å². The molecular formula is C16H21N. The standard InChI is InChI=1S/C16H21N/c1-3-4-7-14-8-5-6-9-16(14)15-10-11-17-12-13(15)2/h3,5-6,8-9,17H,1,4,7,10-12H2,2H3. The first-order chi connectivity index (χ1) is 8.33. The molecule has 1 aromatic carbocycles. The second-order valence-corrected chi connectivity index (χ2v) is 4.67. The van der Waals surface area contributed by atoms with Crippen molar-refractivity contribution in [2.75, 3.05) is 13.1 Å². The van der Waals surface area contributed by atoms with Gasteiger partial charge in [-0.2, -0.15) is 0 Å². The van der Waals surface area contributed by atoms with Gasteiger partial charge >= 0.3 is 0 Å². The van der Waals surface area contributed by atoms with Gasteiger partial charge in [0.1, 0.15) is 0 Å². The Bertz CT molecular complexity index is 429. The van der Waals surface area contributed by atoms with Crippen molar-refractivity contribution < 1.29 is 0 Å². The van der Waals surface area contributed by atoms with Crippen LogP contribution in [0.2, 0.25) is 0 Å². The molecule has 0 bridgehead atoms. The molecule has 90 valence electrons. The highest BCUT2D eigenvalue weighted by atomic mass is 14.9. The molecular weight excluding hydrogens is 206 g/mol. The maximum absolute atomic E-state index is 3.81. The number of allylic oxidation sites excluding steroid dienone is 1. The van der Waals surface area contributed by atoms with E-state index in [0.29, 0.717) is 0 Å². The van der Waals surface area contributed by atoms with E-state index in [1.54, 1.807) is 5.57 Å². The average molecular weight is 227 g/mol. The van der Waals surface area contributed by atoms with Crippen molar-refractivity contribution in [1.29, 1.82) is 0 Å². The van der Waals surface area contributed by atoms with Crippen LogP contribution < -0.4 is 5.32 Å². The van der Waals surface area contributed by atoms with Gasteiger partial charge in [0.25, 0.3) is 0 Å². The number of hydrogen-bond donors (Lipinski definition) is 1. The zero-order valence-corrected chi connectivity index (χ0v) is 10.6. The van der Waals surface area contributed by atoms with Gasteiger partial charge in [0.05, 0.1) is 0 Å². The molecule has 1 N–H and O–H groups in total. The SMILES string of the molecule is C=CCCc1ccccc1C1=C(C)CNCC1. The zero-order chi connectivity index (χ0) is 12.1. The van der Waals surface area contributed by atoms with Gasteiger partial charge in [-0.3, -0.25) is 0 Å². The summed E-state index contributed by atoms with van der Waals surface area (Å²) in [7, 11) is 0. The average Bonchev–Trinajstić information content (AvgIpc) is 2.37. The van der Waals surface area contributed by atoms with Crippen LogP contribution in [0.3, 0.4) is 0 Å². The van der Waals surface area contributed by atoms with Gasteiger partial charge < -0.3 is 5.32 Å². The Morgan fingerprint density at radius 2 is 2.18 bits per heavy atom. The molecule has 17 heavy (non-hydrogen) atoms. The number of hydrogen-bond acceptors (Lipinski definition) is 1. The van der Waals surface area contributed by atoms with Gasteiger partial charge in [0, 0.05) is 6.54 Å². The summed E-state index contributed by atoms with van der Waals surface area (Å²) in [4.78, 5) is 0. The fourth-order valence-corrected chi connectivity index (χ4v) is 2.46. The normalized spacial score (nSPS) is 16.1. The molecule has 1 aliphatic rings. The minimum atomic E-state index is 1.03. The third-order valence-electron chi connectivity index (χ3n) is 3.42. The summed E-state index contributed by atoms with van der Waals surface area (Å²) in [6.07, 6.45) is 5.31. The molecule has 0 amide bonds. The summed E-state index contributed by atoms with van der Waals surface area (Å²) in [5.41, 5.74) is 5.95. The molecule has 0 radical (unpaired) electrons. The first kappa shape index (κ1) is 12.1. The molecule has 0 spiro atoms. The van der Waals surface area contributed by atoms with Crippen molar-refractivity contribution in [2.45, 2.75) is 26.2 Å². The Labute approximate surface area is 104 Å². The second kappa shape index (κ2) is 5.83. The van der Waals surface area contributed by atoms with Crippen LogP contribution in [0.5, 0.6) is 0 Å². The minimum Gasteiger partial charge on any atom is -0.313 e. The molecule has 1 heterocycles. The monoisotopic (exact) mass is 227 g/mol. The summed E-state index contributed by atoms with van der Waals surface area (Å²) in [5.74, 6) is 0. The van der Waals surface area contributed by atoms with E-state index < -0.39 is 0 Å². The fourth-order valence-electron chi connectivity index (χ4n) is 2.46. The van der Waals surface area contributed by atoms with Crippen molar-refractivity contribution >= 4 is 5.57 Å². The molecule has 1 heteroatoms. The second-order valence-electron chi connectivity index (χ2n) is 4.67. The lowest BCUT2D eigenvalue weighted by molar-refractivity contribution is 0.713. The molecule has 0 unspecified atom stereocenters. The van der Waals surface area contributed by atoms with Gasteiger partial charge in [0.15, 0.2) is 0 Å². The Morgan fingerprint density at radius 1 is 1.35 bits per heavy atom. The predicted molar refractivity (Wildman–Crippen MR) is 75.0 cm³/mol. The highest BCUT2D eigenvalue weighted by Crippen LogP contribution is 2.27. The van der Waals surface area contributed by atoms with E-state index in [1.807, 2.05) is 6.08 Å². The molecule has 1 nitrogen and oxygen atoms in total.